The Kier molecular flexibility index (Phi) is 4.70. The molecule has 1 fully saturated rings. The molecule has 0 aliphatic carbocycles. The van der Waals surface area contributed by atoms with Crippen molar-refractivity contribution in [2.45, 2.75) is 50.5 Å². The monoisotopic (exact) mass is 392 g/mol. The molecule has 0 spiro atoms. The number of likely N-dealkylation sites (tertiary alicyclic amines) is 1. The molecular formula is C25H29FN2O. The van der Waals surface area contributed by atoms with E-state index >= 15 is 0 Å². The third-order valence-corrected chi connectivity index (χ3v) is 7.29. The van der Waals surface area contributed by atoms with Gasteiger partial charge in [-0.1, -0.05) is 25.1 Å². The van der Waals surface area contributed by atoms with Gasteiger partial charge in [-0.25, -0.2) is 4.39 Å². The molecule has 0 aromatic heterocycles. The Hall–Kier alpha value is -2.20. The highest BCUT2D eigenvalue weighted by Crippen LogP contribution is 2.51. The van der Waals surface area contributed by atoms with Crippen LogP contribution in [0.2, 0.25) is 0 Å². The van der Waals surface area contributed by atoms with Crippen LogP contribution in [-0.2, 0) is 11.8 Å². The fraction of sp³-hybridized carbons (Fsp3) is 0.480. The number of piperidine rings is 1. The number of fused-ring (bicyclic) bond motifs is 3. The second-order valence-electron chi connectivity index (χ2n) is 9.14. The Morgan fingerprint density at radius 2 is 2.00 bits per heavy atom. The number of para-hydroxylation sites is 1. The smallest absolute Gasteiger partial charge is 0.162 e. The summed E-state index contributed by atoms with van der Waals surface area (Å²) in [6.07, 6.45) is 5.04. The molecule has 0 amide bonds. The molecule has 1 saturated heterocycles. The maximum absolute atomic E-state index is 13.1. The largest absolute Gasteiger partial charge is 0.367 e. The summed E-state index contributed by atoms with van der Waals surface area (Å²) in [6, 6.07) is 13.4. The summed E-state index contributed by atoms with van der Waals surface area (Å²) in [5, 5.41) is 0. The van der Waals surface area contributed by atoms with Crippen LogP contribution < -0.4 is 4.90 Å². The third kappa shape index (κ3) is 3.18. The zero-order valence-corrected chi connectivity index (χ0v) is 17.2. The Balaban J connectivity index is 1.25. The highest BCUT2D eigenvalue weighted by atomic mass is 19.1. The van der Waals surface area contributed by atoms with Crippen LogP contribution in [0.5, 0.6) is 0 Å². The quantitative estimate of drug-likeness (QED) is 0.696. The topological polar surface area (TPSA) is 23.6 Å². The minimum Gasteiger partial charge on any atom is -0.367 e. The van der Waals surface area contributed by atoms with Crippen molar-refractivity contribution < 1.29 is 9.18 Å². The normalized spacial score (nSPS) is 25.6. The van der Waals surface area contributed by atoms with Crippen molar-refractivity contribution in [1.82, 2.24) is 4.90 Å². The zero-order chi connectivity index (χ0) is 20.0. The van der Waals surface area contributed by atoms with E-state index in [9.17, 15) is 9.18 Å². The van der Waals surface area contributed by atoms with Gasteiger partial charge in [0.15, 0.2) is 5.78 Å². The zero-order valence-electron chi connectivity index (χ0n) is 17.2. The van der Waals surface area contributed by atoms with E-state index in [0.717, 1.165) is 26.1 Å². The number of rotatable bonds is 5. The summed E-state index contributed by atoms with van der Waals surface area (Å²) in [7, 11) is 0. The molecule has 0 N–H and O–H groups in total. The molecular weight excluding hydrogens is 363 g/mol. The van der Waals surface area contributed by atoms with Crippen LogP contribution in [0.15, 0.2) is 42.5 Å². The van der Waals surface area contributed by atoms with Crippen LogP contribution in [0, 0.1) is 5.82 Å². The molecule has 29 heavy (non-hydrogen) atoms. The van der Waals surface area contributed by atoms with Gasteiger partial charge in [0.1, 0.15) is 5.82 Å². The number of hydrogen-bond acceptors (Lipinski definition) is 3. The number of Topliss-reactive ketones (excluding diaryl/α,β-unsaturated/α-hetero) is 1. The SMILES string of the molecule is CC12CN(CCCC(=O)c3ccc(F)cc3)CCC1N1CCCc3cccc2c31. The molecule has 4 heteroatoms. The van der Waals surface area contributed by atoms with Gasteiger partial charge in [-0.05, 0) is 67.6 Å². The number of nitrogens with zero attached hydrogens (tertiary/aromatic N) is 2. The van der Waals surface area contributed by atoms with Crippen molar-refractivity contribution in [1.29, 1.82) is 0 Å². The van der Waals surface area contributed by atoms with Gasteiger partial charge in [-0.3, -0.25) is 4.79 Å². The maximum atomic E-state index is 13.1. The third-order valence-electron chi connectivity index (χ3n) is 7.29. The van der Waals surface area contributed by atoms with Crippen molar-refractivity contribution in [3.63, 3.8) is 0 Å². The molecule has 3 aliphatic rings. The number of anilines is 1. The van der Waals surface area contributed by atoms with E-state index < -0.39 is 0 Å². The van der Waals surface area contributed by atoms with Crippen LogP contribution in [0.25, 0.3) is 0 Å². The highest BCUT2D eigenvalue weighted by Gasteiger charge is 2.51. The molecule has 2 unspecified atom stereocenters. The Bertz CT molecular complexity index is 925. The Morgan fingerprint density at radius 1 is 1.17 bits per heavy atom. The van der Waals surface area contributed by atoms with Crippen LogP contribution in [0.4, 0.5) is 10.1 Å². The van der Waals surface area contributed by atoms with Crippen molar-refractivity contribution >= 4 is 11.5 Å². The summed E-state index contributed by atoms with van der Waals surface area (Å²) in [4.78, 5) is 17.6. The molecule has 3 aliphatic heterocycles. The summed E-state index contributed by atoms with van der Waals surface area (Å²) >= 11 is 0. The van der Waals surface area contributed by atoms with Crippen LogP contribution in [0.1, 0.15) is 54.1 Å². The van der Waals surface area contributed by atoms with Gasteiger partial charge in [0.2, 0.25) is 0 Å². The first-order valence-corrected chi connectivity index (χ1v) is 11.0. The van der Waals surface area contributed by atoms with E-state index in [1.807, 2.05) is 0 Å². The van der Waals surface area contributed by atoms with Crippen molar-refractivity contribution in [2.75, 3.05) is 31.1 Å². The molecule has 0 saturated carbocycles. The average molecular weight is 393 g/mol. The molecule has 5 rings (SSSR count). The lowest BCUT2D eigenvalue weighted by molar-refractivity contribution is 0.0963. The van der Waals surface area contributed by atoms with E-state index in [-0.39, 0.29) is 17.0 Å². The predicted molar refractivity (Wildman–Crippen MR) is 114 cm³/mol. The van der Waals surface area contributed by atoms with Gasteiger partial charge in [0.05, 0.1) is 0 Å². The van der Waals surface area contributed by atoms with Crippen LogP contribution >= 0.6 is 0 Å². The standard InChI is InChI=1S/C25H29FN2O/c1-25-17-27(14-4-8-22(29)18-9-11-20(26)12-10-18)16-13-23(25)28-15-3-6-19-5-2-7-21(25)24(19)28/h2,5,7,9-12,23H,3-4,6,8,13-17H2,1H3. The Labute approximate surface area is 172 Å². The average Bonchev–Trinajstić information content (AvgIpc) is 2.98. The first-order valence-electron chi connectivity index (χ1n) is 11.0. The lowest BCUT2D eigenvalue weighted by Crippen LogP contribution is -2.56. The van der Waals surface area contributed by atoms with E-state index in [2.05, 4.69) is 34.9 Å². The van der Waals surface area contributed by atoms with E-state index in [0.29, 0.717) is 18.0 Å². The molecule has 0 radical (unpaired) electrons. The summed E-state index contributed by atoms with van der Waals surface area (Å²) in [6.45, 7) is 6.75. The molecule has 2 atom stereocenters. The van der Waals surface area contributed by atoms with Gasteiger partial charge < -0.3 is 9.80 Å². The first kappa shape index (κ1) is 18.8. The fourth-order valence-corrected chi connectivity index (χ4v) is 5.93. The Morgan fingerprint density at radius 3 is 2.83 bits per heavy atom. The highest BCUT2D eigenvalue weighted by molar-refractivity contribution is 5.95. The number of carbonyl (C=O) groups excluding carboxylic acids is 1. The van der Waals surface area contributed by atoms with E-state index in [1.54, 1.807) is 12.1 Å². The van der Waals surface area contributed by atoms with Crippen molar-refractivity contribution in [3.05, 3.63) is 65.0 Å². The summed E-state index contributed by atoms with van der Waals surface area (Å²) in [5.74, 6) is -0.185. The number of hydrogen-bond donors (Lipinski definition) is 0. The number of carbonyl (C=O) groups is 1. The lowest BCUT2D eigenvalue weighted by atomic mass is 9.74. The summed E-state index contributed by atoms with van der Waals surface area (Å²) in [5.41, 5.74) is 5.38. The van der Waals surface area contributed by atoms with Crippen molar-refractivity contribution in [3.8, 4) is 0 Å². The van der Waals surface area contributed by atoms with Crippen LogP contribution in [0.3, 0.4) is 0 Å². The second-order valence-corrected chi connectivity index (χ2v) is 9.14. The molecule has 2 aromatic rings. The molecule has 2 aromatic carbocycles. The minimum absolute atomic E-state index is 0.110. The first-order chi connectivity index (χ1) is 14.1. The molecule has 3 nitrogen and oxygen atoms in total. The van der Waals surface area contributed by atoms with E-state index in [1.165, 1.54) is 54.8 Å². The minimum atomic E-state index is -0.296. The van der Waals surface area contributed by atoms with Gasteiger partial charge in [-0.15, -0.1) is 0 Å². The predicted octanol–water partition coefficient (Wildman–Crippen LogP) is 4.59. The second kappa shape index (κ2) is 7.24. The number of halogens is 1. The number of benzene rings is 2. The molecule has 152 valence electrons. The van der Waals surface area contributed by atoms with Gasteiger partial charge in [0, 0.05) is 48.8 Å². The maximum Gasteiger partial charge on any atom is 0.162 e. The van der Waals surface area contributed by atoms with E-state index in [4.69, 9.17) is 0 Å². The van der Waals surface area contributed by atoms with Crippen molar-refractivity contribution in [2.24, 2.45) is 0 Å². The van der Waals surface area contributed by atoms with Gasteiger partial charge >= 0.3 is 0 Å². The molecule has 0 bridgehead atoms. The van der Waals surface area contributed by atoms with Crippen LogP contribution in [-0.4, -0.2) is 42.9 Å². The number of aryl methyl sites for hydroxylation is 1. The van der Waals surface area contributed by atoms with Gasteiger partial charge in [-0.2, -0.15) is 0 Å². The molecule has 3 heterocycles. The fourth-order valence-electron chi connectivity index (χ4n) is 5.93. The number of ketones is 1. The lowest BCUT2D eigenvalue weighted by Gasteiger charge is -2.46. The van der Waals surface area contributed by atoms with Gasteiger partial charge in [0.25, 0.3) is 0 Å². The summed E-state index contributed by atoms with van der Waals surface area (Å²) < 4.78 is 13.1.